The van der Waals surface area contributed by atoms with E-state index in [4.69, 9.17) is 5.11 Å². The molecule has 0 saturated carbocycles. The fraction of sp³-hybridized carbons (Fsp3) is 0.333. The zero-order chi connectivity index (χ0) is 10.8. The molecule has 1 aromatic carbocycles. The van der Waals surface area contributed by atoms with Crippen molar-refractivity contribution in [3.8, 4) is 0 Å². The molecule has 1 nitrogen and oxygen atoms in total. The smallest absolute Gasteiger partial charge is 0.0434 e. The van der Waals surface area contributed by atoms with Crippen LogP contribution in [0.3, 0.4) is 0 Å². The van der Waals surface area contributed by atoms with Gasteiger partial charge in [-0.2, -0.15) is 0 Å². The molecule has 0 atom stereocenters. The van der Waals surface area contributed by atoms with Crippen LogP contribution in [0.5, 0.6) is 0 Å². The lowest BCUT2D eigenvalue weighted by Gasteiger charge is -1.96. The molecule has 15 heavy (non-hydrogen) atoms. The average molecular weight is 285 g/mol. The molecule has 0 spiro atoms. The van der Waals surface area contributed by atoms with E-state index in [2.05, 4.69) is 41.1 Å². The van der Waals surface area contributed by atoms with Gasteiger partial charge in [-0.3, -0.25) is 0 Å². The summed E-state index contributed by atoms with van der Waals surface area (Å²) < 4.78 is 2.46. The largest absolute Gasteiger partial charge is 0.396 e. The Bertz CT molecular complexity index is 476. The van der Waals surface area contributed by atoms with Crippen LogP contribution in [0.2, 0.25) is 0 Å². The molecule has 80 valence electrons. The first kappa shape index (κ1) is 11.1. The number of halogens is 1. The summed E-state index contributed by atoms with van der Waals surface area (Å²) in [5, 5.41) is 10.2. The zero-order valence-corrected chi connectivity index (χ0v) is 11.0. The number of aryl methyl sites for hydroxylation is 2. The van der Waals surface area contributed by atoms with Gasteiger partial charge in [-0.15, -0.1) is 11.3 Å². The predicted molar refractivity (Wildman–Crippen MR) is 69.7 cm³/mol. The fourth-order valence-electron chi connectivity index (χ4n) is 1.73. The van der Waals surface area contributed by atoms with E-state index in [1.807, 2.05) is 11.3 Å². The maximum Gasteiger partial charge on any atom is 0.0434 e. The Hall–Kier alpha value is -0.380. The molecule has 2 rings (SSSR count). The van der Waals surface area contributed by atoms with Crippen molar-refractivity contribution in [1.82, 2.24) is 0 Å². The third-order valence-electron chi connectivity index (χ3n) is 2.56. The van der Waals surface area contributed by atoms with Gasteiger partial charge in [0, 0.05) is 20.7 Å². The molecular weight excluding hydrogens is 272 g/mol. The van der Waals surface area contributed by atoms with Crippen LogP contribution in [0.25, 0.3) is 10.1 Å². The molecule has 0 aliphatic heterocycles. The number of hydrogen-bond acceptors (Lipinski definition) is 2. The summed E-state index contributed by atoms with van der Waals surface area (Å²) in [6, 6.07) is 6.40. The van der Waals surface area contributed by atoms with Crippen LogP contribution in [0.15, 0.2) is 22.7 Å². The number of aliphatic hydroxyl groups is 1. The highest BCUT2D eigenvalue weighted by Crippen LogP contribution is 2.33. The Morgan fingerprint density at radius 2 is 2.20 bits per heavy atom. The minimum Gasteiger partial charge on any atom is -0.396 e. The van der Waals surface area contributed by atoms with E-state index in [1.54, 1.807) is 0 Å². The summed E-state index contributed by atoms with van der Waals surface area (Å²) in [5.41, 5.74) is 1.37. The number of aliphatic hydroxyl groups excluding tert-OH is 1. The van der Waals surface area contributed by atoms with Crippen molar-refractivity contribution in [1.29, 1.82) is 0 Å². The van der Waals surface area contributed by atoms with Crippen molar-refractivity contribution in [3.05, 3.63) is 33.1 Å². The van der Waals surface area contributed by atoms with E-state index >= 15 is 0 Å². The minimum atomic E-state index is 0.275. The van der Waals surface area contributed by atoms with E-state index in [9.17, 15) is 0 Å². The lowest BCUT2D eigenvalue weighted by molar-refractivity contribution is 0.289. The predicted octanol–water partition coefficient (Wildman–Crippen LogP) is 3.90. The summed E-state index contributed by atoms with van der Waals surface area (Å²) >= 11 is 5.32. The second-order valence-corrected chi connectivity index (χ2v) is 5.67. The normalized spacial score (nSPS) is 11.1. The van der Waals surface area contributed by atoms with Gasteiger partial charge in [0.2, 0.25) is 0 Å². The minimum absolute atomic E-state index is 0.275. The molecule has 0 amide bonds. The van der Waals surface area contributed by atoms with Gasteiger partial charge in [-0.1, -0.05) is 22.0 Å². The average Bonchev–Trinajstić information content (AvgIpc) is 2.52. The summed E-state index contributed by atoms with van der Waals surface area (Å²) in [6.07, 6.45) is 1.84. The van der Waals surface area contributed by atoms with Crippen LogP contribution in [0, 0.1) is 6.92 Å². The highest BCUT2D eigenvalue weighted by atomic mass is 79.9. The second-order valence-electron chi connectivity index (χ2n) is 3.62. The molecular formula is C12H13BrOS. The highest BCUT2D eigenvalue weighted by Gasteiger charge is 2.07. The van der Waals surface area contributed by atoms with Crippen molar-refractivity contribution < 1.29 is 5.11 Å². The Labute approximate surface area is 102 Å². The number of fused-ring (bicyclic) bond motifs is 1. The molecule has 1 aromatic heterocycles. The molecule has 0 unspecified atom stereocenters. The van der Waals surface area contributed by atoms with Gasteiger partial charge >= 0.3 is 0 Å². The summed E-state index contributed by atoms with van der Waals surface area (Å²) in [4.78, 5) is 1.40. The Morgan fingerprint density at radius 3 is 2.93 bits per heavy atom. The third kappa shape index (κ3) is 2.25. The molecule has 0 aliphatic rings. The number of rotatable bonds is 3. The van der Waals surface area contributed by atoms with E-state index in [-0.39, 0.29) is 6.61 Å². The zero-order valence-electron chi connectivity index (χ0n) is 8.59. The first-order valence-corrected chi connectivity index (χ1v) is 6.61. The quantitative estimate of drug-likeness (QED) is 0.907. The summed E-state index contributed by atoms with van der Waals surface area (Å²) in [7, 11) is 0. The van der Waals surface area contributed by atoms with Gasteiger partial charge in [0.15, 0.2) is 0 Å². The number of thiophene rings is 1. The Morgan fingerprint density at radius 1 is 1.40 bits per heavy atom. The van der Waals surface area contributed by atoms with Crippen molar-refractivity contribution in [3.63, 3.8) is 0 Å². The van der Waals surface area contributed by atoms with E-state index in [0.717, 1.165) is 17.3 Å². The molecule has 1 N–H and O–H groups in total. The van der Waals surface area contributed by atoms with E-state index in [0.29, 0.717) is 0 Å². The molecule has 1 heterocycles. The third-order valence-corrected chi connectivity index (χ3v) is 4.37. The summed E-state index contributed by atoms with van der Waals surface area (Å²) in [5.74, 6) is 0. The first-order valence-electron chi connectivity index (χ1n) is 5.01. The van der Waals surface area contributed by atoms with Crippen LogP contribution < -0.4 is 0 Å². The lowest BCUT2D eigenvalue weighted by atomic mass is 10.1. The highest BCUT2D eigenvalue weighted by molar-refractivity contribution is 9.10. The first-order chi connectivity index (χ1) is 7.22. The van der Waals surface area contributed by atoms with Crippen molar-refractivity contribution >= 4 is 37.4 Å². The van der Waals surface area contributed by atoms with Gasteiger partial charge in [0.25, 0.3) is 0 Å². The van der Waals surface area contributed by atoms with Crippen LogP contribution in [0.4, 0.5) is 0 Å². The van der Waals surface area contributed by atoms with Gasteiger partial charge in [-0.05, 0) is 42.8 Å². The van der Waals surface area contributed by atoms with Crippen LogP contribution in [-0.4, -0.2) is 11.7 Å². The molecule has 0 radical (unpaired) electrons. The maximum absolute atomic E-state index is 8.83. The second kappa shape index (κ2) is 4.64. The lowest BCUT2D eigenvalue weighted by Crippen LogP contribution is -1.87. The SMILES string of the molecule is Cc1c(CCCO)sc2cc(Br)ccc12. The fourth-order valence-corrected chi connectivity index (χ4v) is 3.53. The maximum atomic E-state index is 8.83. The van der Waals surface area contributed by atoms with E-state index < -0.39 is 0 Å². The molecule has 3 heteroatoms. The van der Waals surface area contributed by atoms with Crippen LogP contribution >= 0.6 is 27.3 Å². The molecule has 0 saturated heterocycles. The Balaban J connectivity index is 2.44. The van der Waals surface area contributed by atoms with Crippen molar-refractivity contribution in [2.75, 3.05) is 6.61 Å². The van der Waals surface area contributed by atoms with Crippen LogP contribution in [-0.2, 0) is 6.42 Å². The monoisotopic (exact) mass is 284 g/mol. The number of hydrogen-bond donors (Lipinski definition) is 1. The van der Waals surface area contributed by atoms with Gasteiger partial charge in [0.05, 0.1) is 0 Å². The molecule has 0 bridgehead atoms. The standard InChI is InChI=1S/C12H13BrOS/c1-8-10-5-4-9(13)7-12(10)15-11(8)3-2-6-14/h4-5,7,14H,2-3,6H2,1H3. The van der Waals surface area contributed by atoms with Crippen molar-refractivity contribution in [2.24, 2.45) is 0 Å². The van der Waals surface area contributed by atoms with Gasteiger partial charge < -0.3 is 5.11 Å². The van der Waals surface area contributed by atoms with Gasteiger partial charge in [0.1, 0.15) is 0 Å². The van der Waals surface area contributed by atoms with Gasteiger partial charge in [-0.25, -0.2) is 0 Å². The molecule has 0 aliphatic carbocycles. The van der Waals surface area contributed by atoms with Crippen LogP contribution in [0.1, 0.15) is 16.9 Å². The summed E-state index contributed by atoms with van der Waals surface area (Å²) in [6.45, 7) is 2.44. The van der Waals surface area contributed by atoms with E-state index in [1.165, 1.54) is 20.5 Å². The number of benzene rings is 1. The molecule has 0 fully saturated rings. The van der Waals surface area contributed by atoms with Crippen molar-refractivity contribution in [2.45, 2.75) is 19.8 Å². The molecule has 2 aromatic rings. The topological polar surface area (TPSA) is 20.2 Å². The Kier molecular flexibility index (Phi) is 3.44.